The summed E-state index contributed by atoms with van der Waals surface area (Å²) >= 11 is 1.89. The van der Waals surface area contributed by atoms with Crippen LogP contribution in [-0.2, 0) is 12.8 Å². The second-order valence-electron chi connectivity index (χ2n) is 8.24. The van der Waals surface area contributed by atoms with Crippen LogP contribution in [0.25, 0.3) is 10.1 Å². The van der Waals surface area contributed by atoms with Crippen LogP contribution in [-0.4, -0.2) is 15.9 Å². The number of hydrogen-bond acceptors (Lipinski definition) is 5. The maximum Gasteiger partial charge on any atom is 0.177 e. The number of nitrogens with one attached hydrogen (secondary N) is 1. The number of rotatable bonds is 2. The normalized spacial score (nSPS) is 33.2. The van der Waals surface area contributed by atoms with Crippen LogP contribution in [0.1, 0.15) is 49.0 Å². The quantitative estimate of drug-likeness (QED) is 0.826. The SMILES string of the molecule is c1nnc(NN=C2C3CC4CC(C3)CC2C4)c2c3c(sc12)CCC3. The van der Waals surface area contributed by atoms with Crippen LogP contribution in [0.15, 0.2) is 11.3 Å². The molecule has 5 heteroatoms. The van der Waals surface area contributed by atoms with Gasteiger partial charge in [0, 0.05) is 16.0 Å². The molecular weight excluding hydrogens is 316 g/mol. The van der Waals surface area contributed by atoms with Gasteiger partial charge in [-0.15, -0.1) is 16.4 Å². The van der Waals surface area contributed by atoms with Crippen molar-refractivity contribution in [2.75, 3.05) is 5.43 Å². The molecule has 5 aliphatic carbocycles. The van der Waals surface area contributed by atoms with Gasteiger partial charge in [-0.25, -0.2) is 0 Å². The fourth-order valence-corrected chi connectivity index (χ4v) is 7.27. The zero-order chi connectivity index (χ0) is 15.7. The molecule has 2 heterocycles. The number of fused-ring (bicyclic) bond motifs is 3. The molecule has 1 N–H and O–H groups in total. The summed E-state index contributed by atoms with van der Waals surface area (Å²) in [7, 11) is 0. The summed E-state index contributed by atoms with van der Waals surface area (Å²) in [6.07, 6.45) is 12.6. The second-order valence-corrected chi connectivity index (χ2v) is 9.38. The molecule has 4 fully saturated rings. The molecule has 24 heavy (non-hydrogen) atoms. The second kappa shape index (κ2) is 5.01. The molecule has 4 nitrogen and oxygen atoms in total. The molecule has 2 aromatic heterocycles. The van der Waals surface area contributed by atoms with Crippen molar-refractivity contribution < 1.29 is 0 Å². The lowest BCUT2D eigenvalue weighted by molar-refractivity contribution is 0.108. The van der Waals surface area contributed by atoms with Gasteiger partial charge < -0.3 is 0 Å². The summed E-state index contributed by atoms with van der Waals surface area (Å²) in [5.41, 5.74) is 6.29. The molecule has 4 bridgehead atoms. The van der Waals surface area contributed by atoms with Gasteiger partial charge in [0.1, 0.15) is 0 Å². The number of anilines is 1. The van der Waals surface area contributed by atoms with Crippen molar-refractivity contribution in [2.24, 2.45) is 28.8 Å². The monoisotopic (exact) mass is 338 g/mol. The molecular formula is C19H22N4S. The van der Waals surface area contributed by atoms with Crippen molar-refractivity contribution in [2.45, 2.75) is 51.4 Å². The van der Waals surface area contributed by atoms with E-state index in [2.05, 4.69) is 15.6 Å². The molecule has 4 saturated carbocycles. The third-order valence-electron chi connectivity index (χ3n) is 6.78. The molecule has 0 spiro atoms. The van der Waals surface area contributed by atoms with E-state index in [0.29, 0.717) is 0 Å². The zero-order valence-electron chi connectivity index (χ0n) is 13.8. The van der Waals surface area contributed by atoms with E-state index in [0.717, 1.165) is 29.5 Å². The van der Waals surface area contributed by atoms with Crippen LogP contribution < -0.4 is 5.43 Å². The fraction of sp³-hybridized carbons (Fsp3) is 0.632. The standard InChI is InChI=1S/C19H22N4S/c1-2-14-15(3-1)24-16-9-20-22-19(17(14)16)23-21-18-12-5-10-4-11(7-12)8-13(18)6-10/h9-13H,1-8H2,(H,22,23). The summed E-state index contributed by atoms with van der Waals surface area (Å²) in [6, 6.07) is 0. The molecule has 0 radical (unpaired) electrons. The summed E-state index contributed by atoms with van der Waals surface area (Å²) in [6.45, 7) is 0. The molecule has 2 aromatic rings. The maximum atomic E-state index is 4.92. The Kier molecular flexibility index (Phi) is 2.87. The van der Waals surface area contributed by atoms with E-state index in [1.54, 1.807) is 0 Å². The molecule has 0 aromatic carbocycles. The van der Waals surface area contributed by atoms with Gasteiger partial charge in [-0.05, 0) is 80.6 Å². The van der Waals surface area contributed by atoms with Crippen LogP contribution in [0.3, 0.4) is 0 Å². The summed E-state index contributed by atoms with van der Waals surface area (Å²) in [4.78, 5) is 1.53. The summed E-state index contributed by atoms with van der Waals surface area (Å²) in [5, 5.41) is 14.8. The Bertz CT molecular complexity index is 822. The fourth-order valence-electron chi connectivity index (χ4n) is 6.01. The Morgan fingerprint density at radius 1 is 1.04 bits per heavy atom. The minimum atomic E-state index is 0.731. The average Bonchev–Trinajstić information content (AvgIpc) is 3.14. The molecule has 0 unspecified atom stereocenters. The van der Waals surface area contributed by atoms with Gasteiger partial charge in [0.05, 0.1) is 10.9 Å². The van der Waals surface area contributed by atoms with Crippen LogP contribution in [0.4, 0.5) is 5.82 Å². The topological polar surface area (TPSA) is 50.2 Å². The maximum absolute atomic E-state index is 4.92. The van der Waals surface area contributed by atoms with E-state index >= 15 is 0 Å². The highest BCUT2D eigenvalue weighted by atomic mass is 32.1. The third-order valence-corrected chi connectivity index (χ3v) is 8.01. The van der Waals surface area contributed by atoms with E-state index in [1.165, 1.54) is 77.6 Å². The van der Waals surface area contributed by atoms with Gasteiger partial charge in [0.15, 0.2) is 5.82 Å². The highest BCUT2D eigenvalue weighted by molar-refractivity contribution is 7.19. The number of hydrogen-bond donors (Lipinski definition) is 1. The average molecular weight is 338 g/mol. The first kappa shape index (κ1) is 13.8. The highest BCUT2D eigenvalue weighted by Gasteiger charge is 2.46. The predicted molar refractivity (Wildman–Crippen MR) is 97.5 cm³/mol. The molecule has 124 valence electrons. The molecule has 0 aliphatic heterocycles. The van der Waals surface area contributed by atoms with Crippen molar-refractivity contribution in [3.8, 4) is 0 Å². The van der Waals surface area contributed by atoms with Gasteiger partial charge in [-0.1, -0.05) is 0 Å². The van der Waals surface area contributed by atoms with Crippen LogP contribution in [0.2, 0.25) is 0 Å². The Balaban J connectivity index is 1.36. The first-order chi connectivity index (χ1) is 11.8. The van der Waals surface area contributed by atoms with Gasteiger partial charge in [0.25, 0.3) is 0 Å². The Morgan fingerprint density at radius 2 is 1.83 bits per heavy atom. The number of hydrazone groups is 1. The van der Waals surface area contributed by atoms with Crippen molar-refractivity contribution >= 4 is 33.0 Å². The summed E-state index contributed by atoms with van der Waals surface area (Å²) < 4.78 is 1.27. The molecule has 0 saturated heterocycles. The lowest BCUT2D eigenvalue weighted by Crippen LogP contribution is -2.45. The third kappa shape index (κ3) is 1.94. The van der Waals surface area contributed by atoms with Gasteiger partial charge in [0.2, 0.25) is 0 Å². The predicted octanol–water partition coefficient (Wildman–Crippen LogP) is 4.40. The Labute approximate surface area is 145 Å². The van der Waals surface area contributed by atoms with Crippen molar-refractivity contribution in [1.82, 2.24) is 10.2 Å². The van der Waals surface area contributed by atoms with Crippen molar-refractivity contribution in [1.29, 1.82) is 0 Å². The smallest absolute Gasteiger partial charge is 0.177 e. The van der Waals surface area contributed by atoms with E-state index in [1.807, 2.05) is 17.5 Å². The minimum absolute atomic E-state index is 0.731. The zero-order valence-corrected chi connectivity index (χ0v) is 14.6. The van der Waals surface area contributed by atoms with E-state index in [4.69, 9.17) is 5.10 Å². The Morgan fingerprint density at radius 3 is 2.62 bits per heavy atom. The van der Waals surface area contributed by atoms with Crippen LogP contribution >= 0.6 is 11.3 Å². The van der Waals surface area contributed by atoms with Crippen LogP contribution in [0, 0.1) is 23.7 Å². The van der Waals surface area contributed by atoms with Crippen molar-refractivity contribution in [3.63, 3.8) is 0 Å². The lowest BCUT2D eigenvalue weighted by Gasteiger charge is -2.50. The van der Waals surface area contributed by atoms with E-state index in [-0.39, 0.29) is 0 Å². The molecule has 7 rings (SSSR count). The minimum Gasteiger partial charge on any atom is -0.259 e. The van der Waals surface area contributed by atoms with Crippen molar-refractivity contribution in [3.05, 3.63) is 16.6 Å². The number of aromatic nitrogens is 2. The Hall–Kier alpha value is -1.49. The largest absolute Gasteiger partial charge is 0.259 e. The molecule has 5 aliphatic rings. The first-order valence-electron chi connectivity index (χ1n) is 9.44. The number of nitrogens with zero attached hydrogens (tertiary/aromatic N) is 3. The van der Waals surface area contributed by atoms with Gasteiger partial charge >= 0.3 is 0 Å². The van der Waals surface area contributed by atoms with Gasteiger partial charge in [-0.3, -0.25) is 5.43 Å². The molecule has 0 amide bonds. The van der Waals surface area contributed by atoms with Gasteiger partial charge in [-0.2, -0.15) is 10.2 Å². The van der Waals surface area contributed by atoms with E-state index in [9.17, 15) is 0 Å². The first-order valence-corrected chi connectivity index (χ1v) is 10.3. The number of aryl methyl sites for hydroxylation is 2. The van der Waals surface area contributed by atoms with E-state index < -0.39 is 0 Å². The van der Waals surface area contributed by atoms with Crippen LogP contribution in [0.5, 0.6) is 0 Å². The highest BCUT2D eigenvalue weighted by Crippen LogP contribution is 2.52. The lowest BCUT2D eigenvalue weighted by atomic mass is 9.55. The number of thiophene rings is 1. The molecule has 0 atom stereocenters. The summed E-state index contributed by atoms with van der Waals surface area (Å²) in [5.74, 6) is 4.31.